The van der Waals surface area contributed by atoms with Gasteiger partial charge in [-0.1, -0.05) is 0 Å². The number of aryl methyl sites for hydroxylation is 2. The van der Waals surface area contributed by atoms with Crippen LogP contribution in [0.5, 0.6) is 0 Å². The maximum absolute atomic E-state index is 11.9. The zero-order valence-electron chi connectivity index (χ0n) is 11.2. The molecular weight excluding hydrogens is 260 g/mol. The number of nitro groups is 1. The van der Waals surface area contributed by atoms with Gasteiger partial charge in [0.15, 0.2) is 0 Å². The molecule has 0 saturated carbocycles. The molecule has 2 aromatic rings. The number of carbonyl (C=O) groups is 1. The molecule has 0 aliphatic rings. The Bertz CT molecular complexity index is 627. The summed E-state index contributed by atoms with van der Waals surface area (Å²) >= 11 is 0. The number of nitro benzene ring substituents is 1. The zero-order chi connectivity index (χ0) is 14.7. The zero-order valence-corrected chi connectivity index (χ0v) is 11.2. The Kier molecular flexibility index (Phi) is 3.79. The van der Waals surface area contributed by atoms with Crippen LogP contribution in [0.3, 0.4) is 0 Å². The predicted octanol–water partition coefficient (Wildman–Crippen LogP) is 1.57. The number of hydrogen-bond donors (Lipinski definition) is 1. The smallest absolute Gasteiger partial charge is 0.269 e. The molecule has 1 N–H and O–H groups in total. The standard InChI is InChI=1S/C13H14N4O3/c1-9-7-11(15-16(9)2)8-14-13(18)10-3-5-12(6-4-10)17(19)20/h3-7H,8H2,1-2H3,(H,14,18). The van der Waals surface area contributed by atoms with Gasteiger partial charge < -0.3 is 5.32 Å². The number of benzene rings is 1. The van der Waals surface area contributed by atoms with Gasteiger partial charge in [-0.25, -0.2) is 0 Å². The highest BCUT2D eigenvalue weighted by atomic mass is 16.6. The quantitative estimate of drug-likeness (QED) is 0.676. The summed E-state index contributed by atoms with van der Waals surface area (Å²) in [4.78, 5) is 21.9. The van der Waals surface area contributed by atoms with E-state index in [-0.39, 0.29) is 11.6 Å². The highest BCUT2D eigenvalue weighted by Crippen LogP contribution is 2.12. The van der Waals surface area contributed by atoms with Crippen molar-refractivity contribution in [1.29, 1.82) is 0 Å². The van der Waals surface area contributed by atoms with Gasteiger partial charge in [-0.2, -0.15) is 5.10 Å². The van der Waals surface area contributed by atoms with Crippen molar-refractivity contribution >= 4 is 11.6 Å². The highest BCUT2D eigenvalue weighted by molar-refractivity contribution is 5.94. The minimum atomic E-state index is -0.502. The van der Waals surface area contributed by atoms with Crippen molar-refractivity contribution in [3.63, 3.8) is 0 Å². The van der Waals surface area contributed by atoms with Crippen LogP contribution >= 0.6 is 0 Å². The van der Waals surface area contributed by atoms with Gasteiger partial charge >= 0.3 is 0 Å². The molecule has 0 unspecified atom stereocenters. The van der Waals surface area contributed by atoms with Crippen molar-refractivity contribution in [3.05, 3.63) is 57.4 Å². The van der Waals surface area contributed by atoms with Gasteiger partial charge in [0, 0.05) is 30.4 Å². The summed E-state index contributed by atoms with van der Waals surface area (Å²) in [7, 11) is 1.83. The van der Waals surface area contributed by atoms with Crippen LogP contribution in [0.1, 0.15) is 21.7 Å². The third-order valence-electron chi connectivity index (χ3n) is 2.93. The topological polar surface area (TPSA) is 90.1 Å². The molecule has 0 spiro atoms. The molecule has 0 aliphatic heterocycles. The fourth-order valence-corrected chi connectivity index (χ4v) is 1.73. The van der Waals surface area contributed by atoms with E-state index in [1.165, 1.54) is 24.3 Å². The maximum atomic E-state index is 11.9. The molecule has 1 amide bonds. The van der Waals surface area contributed by atoms with E-state index in [0.717, 1.165) is 11.4 Å². The second-order valence-electron chi connectivity index (χ2n) is 4.39. The number of nitrogens with one attached hydrogen (secondary N) is 1. The lowest BCUT2D eigenvalue weighted by Crippen LogP contribution is -2.23. The van der Waals surface area contributed by atoms with Gasteiger partial charge in [0.05, 0.1) is 17.2 Å². The lowest BCUT2D eigenvalue weighted by molar-refractivity contribution is -0.384. The van der Waals surface area contributed by atoms with Crippen LogP contribution < -0.4 is 5.32 Å². The third kappa shape index (κ3) is 3.00. The highest BCUT2D eigenvalue weighted by Gasteiger charge is 2.10. The van der Waals surface area contributed by atoms with Crippen LogP contribution in [0.4, 0.5) is 5.69 Å². The minimum absolute atomic E-state index is 0.0399. The summed E-state index contributed by atoms with van der Waals surface area (Å²) in [6.07, 6.45) is 0. The molecule has 0 bridgehead atoms. The normalized spacial score (nSPS) is 10.3. The fourth-order valence-electron chi connectivity index (χ4n) is 1.73. The molecular formula is C13H14N4O3. The van der Waals surface area contributed by atoms with Crippen molar-refractivity contribution in [3.8, 4) is 0 Å². The minimum Gasteiger partial charge on any atom is -0.346 e. The number of nitrogens with zero attached hydrogens (tertiary/aromatic N) is 3. The van der Waals surface area contributed by atoms with Gasteiger partial charge in [-0.3, -0.25) is 19.6 Å². The van der Waals surface area contributed by atoms with Crippen LogP contribution in [-0.4, -0.2) is 20.6 Å². The van der Waals surface area contributed by atoms with E-state index in [9.17, 15) is 14.9 Å². The molecule has 1 aromatic heterocycles. The number of carbonyl (C=O) groups excluding carboxylic acids is 1. The summed E-state index contributed by atoms with van der Waals surface area (Å²) in [5.74, 6) is -0.289. The van der Waals surface area contributed by atoms with Crippen molar-refractivity contribution < 1.29 is 9.72 Å². The van der Waals surface area contributed by atoms with Crippen molar-refractivity contribution in [1.82, 2.24) is 15.1 Å². The average molecular weight is 274 g/mol. The molecule has 104 valence electrons. The molecule has 0 aliphatic carbocycles. The maximum Gasteiger partial charge on any atom is 0.269 e. The SMILES string of the molecule is Cc1cc(CNC(=O)c2ccc([N+](=O)[O-])cc2)nn1C. The Labute approximate surface area is 115 Å². The van der Waals surface area contributed by atoms with E-state index in [1.807, 2.05) is 20.0 Å². The third-order valence-corrected chi connectivity index (χ3v) is 2.93. The number of amides is 1. The lowest BCUT2D eigenvalue weighted by atomic mass is 10.2. The molecule has 0 atom stereocenters. The van der Waals surface area contributed by atoms with Gasteiger partial charge in [0.2, 0.25) is 0 Å². The van der Waals surface area contributed by atoms with E-state index in [0.29, 0.717) is 12.1 Å². The summed E-state index contributed by atoms with van der Waals surface area (Å²) < 4.78 is 1.73. The summed E-state index contributed by atoms with van der Waals surface area (Å²) in [6, 6.07) is 7.35. The van der Waals surface area contributed by atoms with Crippen LogP contribution in [0.2, 0.25) is 0 Å². The number of hydrogen-bond acceptors (Lipinski definition) is 4. The summed E-state index contributed by atoms with van der Waals surface area (Å²) in [6.45, 7) is 2.24. The van der Waals surface area contributed by atoms with Gasteiger partial charge in [-0.05, 0) is 25.1 Å². The second-order valence-corrected chi connectivity index (χ2v) is 4.39. The fraction of sp³-hybridized carbons (Fsp3) is 0.231. The largest absolute Gasteiger partial charge is 0.346 e. The average Bonchev–Trinajstić information content (AvgIpc) is 2.75. The van der Waals surface area contributed by atoms with Crippen molar-refractivity contribution in [2.75, 3.05) is 0 Å². The van der Waals surface area contributed by atoms with E-state index in [2.05, 4.69) is 10.4 Å². The molecule has 2 rings (SSSR count). The number of non-ortho nitro benzene ring substituents is 1. The van der Waals surface area contributed by atoms with Gasteiger partial charge in [0.1, 0.15) is 0 Å². The van der Waals surface area contributed by atoms with E-state index in [1.54, 1.807) is 4.68 Å². The first-order valence-corrected chi connectivity index (χ1v) is 5.99. The Morgan fingerprint density at radius 3 is 2.55 bits per heavy atom. The summed E-state index contributed by atoms with van der Waals surface area (Å²) in [5.41, 5.74) is 2.11. The molecule has 7 nitrogen and oxygen atoms in total. The van der Waals surface area contributed by atoms with Crippen LogP contribution in [-0.2, 0) is 13.6 Å². The van der Waals surface area contributed by atoms with Crippen LogP contribution in [0.15, 0.2) is 30.3 Å². The lowest BCUT2D eigenvalue weighted by Gasteiger charge is -2.03. The predicted molar refractivity (Wildman–Crippen MR) is 72.2 cm³/mol. The van der Waals surface area contributed by atoms with E-state index < -0.39 is 4.92 Å². The second kappa shape index (κ2) is 5.52. The Hall–Kier alpha value is -2.70. The number of aromatic nitrogens is 2. The van der Waals surface area contributed by atoms with Gasteiger partial charge in [-0.15, -0.1) is 0 Å². The Morgan fingerprint density at radius 2 is 2.05 bits per heavy atom. The van der Waals surface area contributed by atoms with Crippen LogP contribution in [0, 0.1) is 17.0 Å². The molecule has 20 heavy (non-hydrogen) atoms. The molecule has 1 heterocycles. The molecule has 1 aromatic carbocycles. The van der Waals surface area contributed by atoms with Crippen molar-refractivity contribution in [2.24, 2.45) is 7.05 Å². The monoisotopic (exact) mass is 274 g/mol. The van der Waals surface area contributed by atoms with Crippen LogP contribution in [0.25, 0.3) is 0 Å². The first-order chi connectivity index (χ1) is 9.47. The number of rotatable bonds is 4. The molecule has 7 heteroatoms. The Morgan fingerprint density at radius 1 is 1.40 bits per heavy atom. The molecule has 0 radical (unpaired) electrons. The first-order valence-electron chi connectivity index (χ1n) is 5.99. The van der Waals surface area contributed by atoms with Gasteiger partial charge in [0.25, 0.3) is 11.6 Å². The molecule has 0 saturated heterocycles. The molecule has 0 fully saturated rings. The van der Waals surface area contributed by atoms with E-state index in [4.69, 9.17) is 0 Å². The first kappa shape index (κ1) is 13.7. The summed E-state index contributed by atoms with van der Waals surface area (Å²) in [5, 5.41) is 17.5. The van der Waals surface area contributed by atoms with E-state index >= 15 is 0 Å². The Balaban J connectivity index is 1.99. The van der Waals surface area contributed by atoms with Crippen molar-refractivity contribution in [2.45, 2.75) is 13.5 Å².